The molecule has 0 unspecified atom stereocenters. The molecule has 9 heteroatoms. The van der Waals surface area contributed by atoms with Crippen molar-refractivity contribution in [1.82, 2.24) is 4.31 Å². The van der Waals surface area contributed by atoms with Crippen LogP contribution in [0, 0.1) is 0 Å². The van der Waals surface area contributed by atoms with Crippen molar-refractivity contribution in [1.29, 1.82) is 0 Å². The van der Waals surface area contributed by atoms with Crippen LogP contribution in [0.3, 0.4) is 0 Å². The van der Waals surface area contributed by atoms with Crippen molar-refractivity contribution in [2.24, 2.45) is 0 Å². The molecule has 0 amide bonds. The molecule has 6 nitrogen and oxygen atoms in total. The predicted molar refractivity (Wildman–Crippen MR) is 115 cm³/mol. The van der Waals surface area contributed by atoms with Gasteiger partial charge in [0.05, 0.1) is 10.6 Å². The minimum atomic E-state index is -3.84. The highest BCUT2D eigenvalue weighted by Gasteiger charge is 2.28. The summed E-state index contributed by atoms with van der Waals surface area (Å²) in [5.41, 5.74) is 0.365. The summed E-state index contributed by atoms with van der Waals surface area (Å²) in [6.07, 6.45) is 3.53. The van der Waals surface area contributed by atoms with Gasteiger partial charge in [0.2, 0.25) is 10.0 Å². The molecule has 30 heavy (non-hydrogen) atoms. The molecular formula is C21H21Cl2NO5S. The first-order chi connectivity index (χ1) is 14.3. The summed E-state index contributed by atoms with van der Waals surface area (Å²) in [7, 11) is -3.84. The predicted octanol–water partition coefficient (Wildman–Crippen LogP) is 4.60. The number of carbonyl (C=O) groups is 2. The number of hydrogen-bond donors (Lipinski definition) is 0. The van der Waals surface area contributed by atoms with Gasteiger partial charge in [0, 0.05) is 23.7 Å². The van der Waals surface area contributed by atoms with Gasteiger partial charge >= 0.3 is 5.97 Å². The van der Waals surface area contributed by atoms with E-state index >= 15 is 0 Å². The molecular weight excluding hydrogens is 449 g/mol. The Morgan fingerprint density at radius 1 is 0.900 bits per heavy atom. The lowest BCUT2D eigenvalue weighted by Crippen LogP contribution is -2.32. The fourth-order valence-electron chi connectivity index (χ4n) is 3.18. The van der Waals surface area contributed by atoms with Crippen LogP contribution in [0.2, 0.25) is 10.0 Å². The van der Waals surface area contributed by atoms with E-state index in [9.17, 15) is 18.0 Å². The lowest BCUT2D eigenvalue weighted by molar-refractivity contribution is 0.0474. The van der Waals surface area contributed by atoms with E-state index in [0.717, 1.165) is 25.7 Å². The van der Waals surface area contributed by atoms with Crippen LogP contribution in [0.5, 0.6) is 0 Å². The quantitative estimate of drug-likeness (QED) is 0.456. The Morgan fingerprint density at radius 3 is 2.13 bits per heavy atom. The zero-order valence-corrected chi connectivity index (χ0v) is 18.5. The highest BCUT2D eigenvalue weighted by Crippen LogP contribution is 2.28. The average Bonchev–Trinajstić information content (AvgIpc) is 3.02. The third-order valence-corrected chi connectivity index (χ3v) is 7.48. The Morgan fingerprint density at radius 2 is 1.50 bits per heavy atom. The molecule has 0 radical (unpaired) electrons. The van der Waals surface area contributed by atoms with Crippen molar-refractivity contribution in [3.05, 3.63) is 63.6 Å². The number of ketones is 1. The van der Waals surface area contributed by atoms with Gasteiger partial charge in [0.15, 0.2) is 12.4 Å². The summed E-state index contributed by atoms with van der Waals surface area (Å²) in [6, 6.07) is 10.1. The van der Waals surface area contributed by atoms with Crippen LogP contribution in [0.1, 0.15) is 46.4 Å². The van der Waals surface area contributed by atoms with E-state index in [4.69, 9.17) is 27.9 Å². The van der Waals surface area contributed by atoms with E-state index < -0.39 is 28.4 Å². The van der Waals surface area contributed by atoms with Crippen molar-refractivity contribution < 1.29 is 22.7 Å². The molecule has 3 rings (SSSR count). The van der Waals surface area contributed by atoms with Gasteiger partial charge in [-0.2, -0.15) is 4.31 Å². The smallest absolute Gasteiger partial charge is 0.338 e. The maximum atomic E-state index is 13.0. The molecule has 1 saturated heterocycles. The average molecular weight is 470 g/mol. The molecule has 1 heterocycles. The molecule has 1 fully saturated rings. The van der Waals surface area contributed by atoms with Crippen molar-refractivity contribution in [2.75, 3.05) is 19.7 Å². The number of sulfonamides is 1. The van der Waals surface area contributed by atoms with E-state index in [0.29, 0.717) is 23.7 Å². The second-order valence-corrected chi connectivity index (χ2v) is 9.72. The molecule has 0 N–H and O–H groups in total. The number of carbonyl (C=O) groups excluding carboxylic acids is 2. The largest absolute Gasteiger partial charge is 0.454 e. The van der Waals surface area contributed by atoms with Gasteiger partial charge in [-0.05, 0) is 55.3 Å². The first kappa shape index (κ1) is 22.7. The van der Waals surface area contributed by atoms with Gasteiger partial charge in [0.25, 0.3) is 0 Å². The van der Waals surface area contributed by atoms with Crippen molar-refractivity contribution in [2.45, 2.75) is 30.6 Å². The van der Waals surface area contributed by atoms with Gasteiger partial charge < -0.3 is 4.74 Å². The molecule has 1 aliphatic rings. The Kier molecular flexibility index (Phi) is 7.52. The zero-order valence-electron chi connectivity index (χ0n) is 16.1. The number of nitrogens with zero attached hydrogens (tertiary/aromatic N) is 1. The second-order valence-electron chi connectivity index (χ2n) is 6.97. The van der Waals surface area contributed by atoms with Gasteiger partial charge in [0.1, 0.15) is 4.90 Å². The summed E-state index contributed by atoms with van der Waals surface area (Å²) >= 11 is 11.9. The van der Waals surface area contributed by atoms with Crippen LogP contribution in [0.25, 0.3) is 0 Å². The molecule has 1 aliphatic heterocycles. The van der Waals surface area contributed by atoms with Crippen LogP contribution in [-0.2, 0) is 14.8 Å². The van der Waals surface area contributed by atoms with E-state index in [1.807, 2.05) is 0 Å². The summed E-state index contributed by atoms with van der Waals surface area (Å²) in [5.74, 6) is -1.20. The third kappa shape index (κ3) is 5.40. The summed E-state index contributed by atoms with van der Waals surface area (Å²) in [6.45, 7) is 0.364. The van der Waals surface area contributed by atoms with Crippen LogP contribution in [0.4, 0.5) is 0 Å². The number of Topliss-reactive ketones (excluding diaryl/α,β-unsaturated/α-hetero) is 1. The SMILES string of the molecule is O=C(COC(=O)c1ccc(Cl)c(S(=O)(=O)N2CCCCCC2)c1)c1ccc(Cl)cc1. The summed E-state index contributed by atoms with van der Waals surface area (Å²) in [5, 5.41) is 0.524. The monoisotopic (exact) mass is 469 g/mol. The maximum Gasteiger partial charge on any atom is 0.338 e. The topological polar surface area (TPSA) is 80.8 Å². The standard InChI is InChI=1S/C21H21Cl2NO5S/c22-17-8-5-15(6-9-17)19(25)14-29-21(26)16-7-10-18(23)20(13-16)30(27,28)24-11-3-1-2-4-12-24/h5-10,13H,1-4,11-12,14H2. The Balaban J connectivity index is 1.74. The fourth-order valence-corrected chi connectivity index (χ4v) is 5.33. The third-order valence-electron chi connectivity index (χ3n) is 4.85. The number of halogens is 2. The molecule has 160 valence electrons. The van der Waals surface area contributed by atoms with Crippen molar-refractivity contribution >= 4 is 45.0 Å². The van der Waals surface area contributed by atoms with Gasteiger partial charge in [-0.15, -0.1) is 0 Å². The maximum absolute atomic E-state index is 13.0. The van der Waals surface area contributed by atoms with E-state index in [1.54, 1.807) is 12.1 Å². The number of rotatable bonds is 6. The lowest BCUT2D eigenvalue weighted by Gasteiger charge is -2.21. The normalized spacial score (nSPS) is 15.4. The highest BCUT2D eigenvalue weighted by atomic mass is 35.5. The molecule has 2 aromatic rings. The Hall–Kier alpha value is -1.93. The Bertz CT molecular complexity index is 1030. The fraction of sp³-hybridized carbons (Fsp3) is 0.333. The minimum Gasteiger partial charge on any atom is -0.454 e. The van der Waals surface area contributed by atoms with Crippen molar-refractivity contribution in [3.63, 3.8) is 0 Å². The molecule has 0 aliphatic carbocycles. The first-order valence-electron chi connectivity index (χ1n) is 9.54. The number of esters is 1. The van der Waals surface area contributed by atoms with E-state index in [2.05, 4.69) is 0 Å². The molecule has 0 atom stereocenters. The first-order valence-corrected chi connectivity index (χ1v) is 11.7. The van der Waals surface area contributed by atoms with Crippen molar-refractivity contribution in [3.8, 4) is 0 Å². The molecule has 2 aromatic carbocycles. The van der Waals surface area contributed by atoms with Gasteiger partial charge in [-0.25, -0.2) is 13.2 Å². The molecule has 0 bridgehead atoms. The number of benzene rings is 2. The lowest BCUT2D eigenvalue weighted by atomic mass is 10.1. The van der Waals surface area contributed by atoms with Crippen LogP contribution in [0.15, 0.2) is 47.4 Å². The minimum absolute atomic E-state index is 0.0108. The molecule has 0 aromatic heterocycles. The van der Waals surface area contributed by atoms with E-state index in [-0.39, 0.29) is 15.5 Å². The number of ether oxygens (including phenoxy) is 1. The van der Waals surface area contributed by atoms with Crippen LogP contribution >= 0.6 is 23.2 Å². The second kappa shape index (κ2) is 9.92. The summed E-state index contributed by atoms with van der Waals surface area (Å²) in [4.78, 5) is 24.4. The molecule has 0 spiro atoms. The number of hydrogen-bond acceptors (Lipinski definition) is 5. The Labute approximate surface area is 185 Å². The van der Waals surface area contributed by atoms with Gasteiger partial charge in [-0.1, -0.05) is 36.0 Å². The highest BCUT2D eigenvalue weighted by molar-refractivity contribution is 7.89. The van der Waals surface area contributed by atoms with Gasteiger partial charge in [-0.3, -0.25) is 4.79 Å². The zero-order chi connectivity index (χ0) is 21.7. The van der Waals surface area contributed by atoms with E-state index in [1.165, 1.54) is 34.6 Å². The summed E-state index contributed by atoms with van der Waals surface area (Å²) < 4.78 is 32.6. The van der Waals surface area contributed by atoms with Crippen LogP contribution < -0.4 is 0 Å². The molecule has 0 saturated carbocycles. The van der Waals surface area contributed by atoms with Crippen LogP contribution in [-0.4, -0.2) is 44.2 Å².